The van der Waals surface area contributed by atoms with E-state index in [9.17, 15) is 4.79 Å². The number of ether oxygens (including phenoxy) is 1. The maximum absolute atomic E-state index is 12.2. The quantitative estimate of drug-likeness (QED) is 0.756. The standard InChI is InChI=1S/C15H16N3O2.Y/c1-12-2-3-14(16-11-12)18-5-4-13(10-15(18)19)17-6-8-20-9-7-17;/h3-5,10-11H,6-9H2,1H3;/q-1;. The molecular weight excluding hydrogens is 343 g/mol. The fourth-order valence-electron chi connectivity index (χ4n) is 2.22. The van der Waals surface area contributed by atoms with Gasteiger partial charge < -0.3 is 19.2 Å². The minimum atomic E-state index is -0.0845. The predicted octanol–water partition coefficient (Wildman–Crippen LogP) is 1.18. The zero-order valence-corrected chi connectivity index (χ0v) is 14.8. The molecule has 0 aromatic carbocycles. The Kier molecular flexibility index (Phi) is 5.67. The van der Waals surface area contributed by atoms with E-state index < -0.39 is 0 Å². The van der Waals surface area contributed by atoms with Gasteiger partial charge in [-0.1, -0.05) is 13.1 Å². The Morgan fingerprint density at radius 3 is 2.71 bits per heavy atom. The van der Waals surface area contributed by atoms with Gasteiger partial charge >= 0.3 is 0 Å². The Bertz CT molecular complexity index is 649. The Morgan fingerprint density at radius 1 is 1.33 bits per heavy atom. The molecule has 21 heavy (non-hydrogen) atoms. The SMILES string of the molecule is Cc1[c-]cc(-n2ccc(N3CCOCC3)cc2=O)nc1.[Y]. The van der Waals surface area contributed by atoms with Crippen LogP contribution in [0.2, 0.25) is 0 Å². The van der Waals surface area contributed by atoms with Crippen LogP contribution >= 0.6 is 0 Å². The first-order valence-corrected chi connectivity index (χ1v) is 6.64. The molecule has 5 nitrogen and oxygen atoms in total. The number of hydrogen-bond acceptors (Lipinski definition) is 4. The Labute approximate surface area is 148 Å². The van der Waals surface area contributed by atoms with Crippen LogP contribution in [0.3, 0.4) is 0 Å². The summed E-state index contributed by atoms with van der Waals surface area (Å²) < 4.78 is 6.84. The molecular formula is C15H16N3O2Y-. The van der Waals surface area contributed by atoms with Gasteiger partial charge in [-0.3, -0.25) is 4.79 Å². The molecule has 1 radical (unpaired) electrons. The Balaban J connectivity index is 0.00000161. The summed E-state index contributed by atoms with van der Waals surface area (Å²) in [6, 6.07) is 8.37. The predicted molar refractivity (Wildman–Crippen MR) is 76.4 cm³/mol. The van der Waals surface area contributed by atoms with Gasteiger partial charge in [0.1, 0.15) is 0 Å². The second-order valence-electron chi connectivity index (χ2n) is 4.78. The average Bonchev–Trinajstić information content (AvgIpc) is 2.49. The number of hydrogen-bond donors (Lipinski definition) is 0. The molecule has 0 saturated carbocycles. The number of rotatable bonds is 2. The van der Waals surface area contributed by atoms with E-state index in [-0.39, 0.29) is 38.3 Å². The number of aryl methyl sites for hydroxylation is 1. The Morgan fingerprint density at radius 2 is 2.10 bits per heavy atom. The molecule has 1 aliphatic rings. The van der Waals surface area contributed by atoms with Crippen molar-refractivity contribution in [1.82, 2.24) is 9.55 Å². The molecule has 0 unspecified atom stereocenters. The molecule has 1 aliphatic heterocycles. The maximum Gasteiger partial charge on any atom is 0.247 e. The van der Waals surface area contributed by atoms with Crippen molar-refractivity contribution in [2.45, 2.75) is 6.92 Å². The molecule has 0 amide bonds. The van der Waals surface area contributed by atoms with Crippen LogP contribution in [-0.4, -0.2) is 35.9 Å². The fourth-order valence-corrected chi connectivity index (χ4v) is 2.22. The van der Waals surface area contributed by atoms with Crippen LogP contribution in [0.5, 0.6) is 0 Å². The average molecular weight is 359 g/mol. The number of nitrogens with zero attached hydrogens (tertiary/aromatic N) is 3. The molecule has 2 aromatic heterocycles. The molecule has 6 heteroatoms. The van der Waals surface area contributed by atoms with Gasteiger partial charge in [0.2, 0.25) is 5.56 Å². The minimum Gasteiger partial charge on any atom is -0.378 e. The summed E-state index contributed by atoms with van der Waals surface area (Å²) in [6.45, 7) is 4.97. The van der Waals surface area contributed by atoms with Gasteiger partial charge in [-0.25, -0.2) is 0 Å². The van der Waals surface area contributed by atoms with Crippen LogP contribution in [0, 0.1) is 13.0 Å². The fraction of sp³-hybridized carbons (Fsp3) is 0.333. The van der Waals surface area contributed by atoms with Gasteiger partial charge in [-0.2, -0.15) is 6.07 Å². The molecule has 0 spiro atoms. The van der Waals surface area contributed by atoms with Crippen molar-refractivity contribution in [3.63, 3.8) is 0 Å². The summed E-state index contributed by atoms with van der Waals surface area (Å²) in [5.41, 5.74) is 1.80. The first kappa shape index (κ1) is 16.3. The van der Waals surface area contributed by atoms with Crippen molar-refractivity contribution < 1.29 is 37.4 Å². The van der Waals surface area contributed by atoms with Crippen molar-refractivity contribution in [3.05, 3.63) is 52.6 Å². The monoisotopic (exact) mass is 359 g/mol. The second kappa shape index (κ2) is 7.29. The molecule has 0 bridgehead atoms. The van der Waals surface area contributed by atoms with Crippen molar-refractivity contribution in [2.75, 3.05) is 31.2 Å². The summed E-state index contributed by atoms with van der Waals surface area (Å²) >= 11 is 0. The molecule has 107 valence electrons. The van der Waals surface area contributed by atoms with Gasteiger partial charge in [0.15, 0.2) is 0 Å². The summed E-state index contributed by atoms with van der Waals surface area (Å²) in [7, 11) is 0. The van der Waals surface area contributed by atoms with E-state index in [1.54, 1.807) is 24.5 Å². The minimum absolute atomic E-state index is 0. The zero-order valence-electron chi connectivity index (χ0n) is 12.0. The van der Waals surface area contributed by atoms with Crippen LogP contribution in [0.1, 0.15) is 5.56 Å². The van der Waals surface area contributed by atoms with Gasteiger partial charge in [0, 0.05) is 69.6 Å². The van der Waals surface area contributed by atoms with E-state index in [4.69, 9.17) is 4.74 Å². The van der Waals surface area contributed by atoms with E-state index in [0.717, 1.165) is 24.3 Å². The third-order valence-corrected chi connectivity index (χ3v) is 3.35. The van der Waals surface area contributed by atoms with Crippen molar-refractivity contribution in [1.29, 1.82) is 0 Å². The van der Waals surface area contributed by atoms with Crippen molar-refractivity contribution in [3.8, 4) is 5.82 Å². The number of pyridine rings is 2. The summed E-state index contributed by atoms with van der Waals surface area (Å²) in [5.74, 6) is 0.592. The van der Waals surface area contributed by atoms with E-state index >= 15 is 0 Å². The largest absolute Gasteiger partial charge is 0.378 e. The number of morpholine rings is 1. The van der Waals surface area contributed by atoms with E-state index in [1.807, 2.05) is 13.0 Å². The smallest absolute Gasteiger partial charge is 0.247 e. The van der Waals surface area contributed by atoms with Crippen LogP contribution in [-0.2, 0) is 37.4 Å². The Hall–Kier alpha value is -1.04. The summed E-state index contributed by atoms with van der Waals surface area (Å²) in [4.78, 5) is 18.6. The zero-order chi connectivity index (χ0) is 13.9. The van der Waals surface area contributed by atoms with Crippen LogP contribution < -0.4 is 10.5 Å². The van der Waals surface area contributed by atoms with Gasteiger partial charge in [0.25, 0.3) is 0 Å². The first-order chi connectivity index (χ1) is 9.74. The van der Waals surface area contributed by atoms with E-state index in [1.165, 1.54) is 4.57 Å². The number of anilines is 1. The van der Waals surface area contributed by atoms with Crippen LogP contribution in [0.15, 0.2) is 35.4 Å². The summed E-state index contributed by atoms with van der Waals surface area (Å²) in [5, 5.41) is 0. The molecule has 0 N–H and O–H groups in total. The topological polar surface area (TPSA) is 47.4 Å². The molecule has 3 heterocycles. The molecule has 2 aromatic rings. The van der Waals surface area contributed by atoms with Crippen LogP contribution in [0.4, 0.5) is 5.69 Å². The normalized spacial score (nSPS) is 14.6. The molecule has 0 aliphatic carbocycles. The summed E-state index contributed by atoms with van der Waals surface area (Å²) in [6.07, 6.45) is 3.47. The van der Waals surface area contributed by atoms with E-state index in [0.29, 0.717) is 19.0 Å². The van der Waals surface area contributed by atoms with Crippen molar-refractivity contribution in [2.24, 2.45) is 0 Å². The third kappa shape index (κ3) is 3.79. The van der Waals surface area contributed by atoms with E-state index in [2.05, 4.69) is 16.0 Å². The third-order valence-electron chi connectivity index (χ3n) is 3.35. The molecule has 3 rings (SSSR count). The first-order valence-electron chi connectivity index (χ1n) is 6.64. The van der Waals surface area contributed by atoms with Gasteiger partial charge in [0.05, 0.1) is 13.2 Å². The second-order valence-corrected chi connectivity index (χ2v) is 4.78. The van der Waals surface area contributed by atoms with Crippen LogP contribution in [0.25, 0.3) is 5.82 Å². The number of aromatic nitrogens is 2. The van der Waals surface area contributed by atoms with Gasteiger partial charge in [-0.15, -0.1) is 11.6 Å². The molecule has 0 atom stereocenters. The maximum atomic E-state index is 12.2. The molecule has 1 saturated heterocycles. The van der Waals surface area contributed by atoms with Crippen molar-refractivity contribution >= 4 is 5.69 Å². The molecule has 1 fully saturated rings. The van der Waals surface area contributed by atoms with Gasteiger partial charge in [-0.05, 0) is 6.07 Å².